The summed E-state index contributed by atoms with van der Waals surface area (Å²) in [6.45, 7) is 3.99. The number of hydrogen-bond donors (Lipinski definition) is 2. The normalized spacial score (nSPS) is 11.2. The zero-order chi connectivity index (χ0) is 20.1. The third-order valence-electron chi connectivity index (χ3n) is 4.26. The first kappa shape index (κ1) is 19.7. The molecule has 0 aliphatic carbocycles. The van der Waals surface area contributed by atoms with Gasteiger partial charge >= 0.3 is 0 Å². The Balaban J connectivity index is 1.77. The van der Waals surface area contributed by atoms with Crippen LogP contribution in [0.3, 0.4) is 0 Å². The lowest BCUT2D eigenvalue weighted by Crippen LogP contribution is -2.23. The Morgan fingerprint density at radius 1 is 1.00 bits per heavy atom. The van der Waals surface area contributed by atoms with Crippen LogP contribution < -0.4 is 10.0 Å². The molecular weight excluding hydrogens is 374 g/mol. The average Bonchev–Trinajstić information content (AvgIpc) is 2.70. The molecule has 1 aromatic heterocycles. The first-order valence-electron chi connectivity index (χ1n) is 8.72. The van der Waals surface area contributed by atoms with Gasteiger partial charge in [0.2, 0.25) is 10.0 Å². The molecule has 3 rings (SSSR count). The van der Waals surface area contributed by atoms with Crippen LogP contribution in [0.1, 0.15) is 27.0 Å². The molecule has 0 spiro atoms. The fraction of sp³-hybridized carbons (Fsp3) is 0.143. The van der Waals surface area contributed by atoms with Crippen LogP contribution in [0.15, 0.2) is 71.9 Å². The van der Waals surface area contributed by atoms with E-state index < -0.39 is 10.0 Å². The first-order chi connectivity index (χ1) is 13.3. The molecule has 7 heteroatoms. The van der Waals surface area contributed by atoms with Crippen molar-refractivity contribution in [2.75, 3.05) is 5.32 Å². The van der Waals surface area contributed by atoms with E-state index >= 15 is 0 Å². The number of pyridine rings is 1. The molecule has 6 nitrogen and oxygen atoms in total. The second kappa shape index (κ2) is 8.33. The number of nitrogens with zero attached hydrogens (tertiary/aromatic N) is 1. The summed E-state index contributed by atoms with van der Waals surface area (Å²) >= 11 is 0. The van der Waals surface area contributed by atoms with Crippen molar-refractivity contribution in [3.05, 3.63) is 89.2 Å². The molecule has 0 unspecified atom stereocenters. The van der Waals surface area contributed by atoms with E-state index in [1.807, 2.05) is 32.0 Å². The number of sulfonamides is 1. The highest BCUT2D eigenvalue weighted by molar-refractivity contribution is 7.89. The molecule has 1 amide bonds. The summed E-state index contributed by atoms with van der Waals surface area (Å²) in [5.74, 6) is -0.361. The molecule has 0 saturated carbocycles. The molecule has 0 aliphatic rings. The third kappa shape index (κ3) is 4.82. The number of aryl methyl sites for hydroxylation is 2. The van der Waals surface area contributed by atoms with Crippen LogP contribution in [0.5, 0.6) is 0 Å². The van der Waals surface area contributed by atoms with Gasteiger partial charge < -0.3 is 5.32 Å². The predicted molar refractivity (Wildman–Crippen MR) is 109 cm³/mol. The number of hydrogen-bond acceptors (Lipinski definition) is 4. The van der Waals surface area contributed by atoms with Crippen molar-refractivity contribution in [3.63, 3.8) is 0 Å². The Labute approximate surface area is 164 Å². The lowest BCUT2D eigenvalue weighted by Gasteiger charge is -2.11. The Bertz CT molecular complexity index is 1100. The van der Waals surface area contributed by atoms with Gasteiger partial charge in [-0.1, -0.05) is 18.2 Å². The van der Waals surface area contributed by atoms with Gasteiger partial charge in [0.1, 0.15) is 0 Å². The van der Waals surface area contributed by atoms with E-state index in [2.05, 4.69) is 15.0 Å². The largest absolute Gasteiger partial charge is 0.322 e. The van der Waals surface area contributed by atoms with Crippen molar-refractivity contribution < 1.29 is 13.2 Å². The van der Waals surface area contributed by atoms with Crippen molar-refractivity contribution in [3.8, 4) is 0 Å². The Morgan fingerprint density at radius 2 is 1.75 bits per heavy atom. The highest BCUT2D eigenvalue weighted by Gasteiger charge is 2.16. The third-order valence-corrected chi connectivity index (χ3v) is 5.66. The number of carbonyl (C=O) groups is 1. The average molecular weight is 395 g/mol. The molecule has 28 heavy (non-hydrogen) atoms. The van der Waals surface area contributed by atoms with Gasteiger partial charge in [-0.2, -0.15) is 0 Å². The standard InChI is InChI=1S/C21H21N3O3S/c1-15-6-7-16(2)20(12-15)24-21(25)18-4-3-5-19(13-18)28(26,27)23-14-17-8-10-22-11-9-17/h3-13,23H,14H2,1-2H3,(H,24,25). The zero-order valence-electron chi connectivity index (χ0n) is 15.6. The van der Waals surface area contributed by atoms with Crippen molar-refractivity contribution in [1.29, 1.82) is 0 Å². The quantitative estimate of drug-likeness (QED) is 0.669. The van der Waals surface area contributed by atoms with Gasteiger partial charge in [-0.15, -0.1) is 0 Å². The molecule has 0 fully saturated rings. The van der Waals surface area contributed by atoms with Crippen LogP contribution in [0.2, 0.25) is 0 Å². The minimum atomic E-state index is -3.75. The van der Waals surface area contributed by atoms with Gasteiger partial charge in [0, 0.05) is 30.2 Å². The second-order valence-corrected chi connectivity index (χ2v) is 8.25. The van der Waals surface area contributed by atoms with Gasteiger partial charge in [-0.05, 0) is 66.9 Å². The van der Waals surface area contributed by atoms with E-state index in [0.29, 0.717) is 5.69 Å². The smallest absolute Gasteiger partial charge is 0.255 e. The van der Waals surface area contributed by atoms with Crippen molar-refractivity contribution in [1.82, 2.24) is 9.71 Å². The topological polar surface area (TPSA) is 88.2 Å². The molecule has 2 N–H and O–H groups in total. The van der Waals surface area contributed by atoms with Crippen molar-refractivity contribution >= 4 is 21.6 Å². The first-order valence-corrected chi connectivity index (χ1v) is 10.2. The number of rotatable bonds is 6. The summed E-state index contributed by atoms with van der Waals surface area (Å²) in [4.78, 5) is 16.5. The molecule has 0 atom stereocenters. The summed E-state index contributed by atoms with van der Waals surface area (Å²) in [6.07, 6.45) is 3.20. The maximum absolute atomic E-state index is 12.6. The fourth-order valence-corrected chi connectivity index (χ4v) is 3.69. The van der Waals surface area contributed by atoms with Crippen molar-refractivity contribution in [2.24, 2.45) is 0 Å². The van der Waals surface area contributed by atoms with Gasteiger partial charge in [-0.25, -0.2) is 13.1 Å². The Hall–Kier alpha value is -3.03. The van der Waals surface area contributed by atoms with E-state index in [9.17, 15) is 13.2 Å². The van der Waals surface area contributed by atoms with E-state index in [0.717, 1.165) is 16.7 Å². The summed E-state index contributed by atoms with van der Waals surface area (Å²) in [7, 11) is -3.75. The number of aromatic nitrogens is 1. The number of benzene rings is 2. The number of nitrogens with one attached hydrogen (secondary N) is 2. The van der Waals surface area contributed by atoms with E-state index in [-0.39, 0.29) is 22.9 Å². The molecule has 0 radical (unpaired) electrons. The van der Waals surface area contributed by atoms with Gasteiger partial charge in [0.05, 0.1) is 4.90 Å². The van der Waals surface area contributed by atoms with E-state index in [1.165, 1.54) is 12.1 Å². The van der Waals surface area contributed by atoms with Crippen LogP contribution in [0.4, 0.5) is 5.69 Å². The molecule has 0 aliphatic heterocycles. The highest BCUT2D eigenvalue weighted by atomic mass is 32.2. The maximum atomic E-state index is 12.6. The summed E-state index contributed by atoms with van der Waals surface area (Å²) in [5.41, 5.74) is 3.73. The fourth-order valence-electron chi connectivity index (χ4n) is 2.63. The van der Waals surface area contributed by atoms with Crippen molar-refractivity contribution in [2.45, 2.75) is 25.3 Å². The molecule has 1 heterocycles. The molecule has 2 aromatic carbocycles. The predicted octanol–water partition coefficient (Wildman–Crippen LogP) is 3.43. The summed E-state index contributed by atoms with van der Waals surface area (Å²) in [5, 5.41) is 2.84. The summed E-state index contributed by atoms with van der Waals surface area (Å²) in [6, 6.07) is 15.2. The van der Waals surface area contributed by atoms with Crippen LogP contribution in [-0.2, 0) is 16.6 Å². The van der Waals surface area contributed by atoms with Crippen LogP contribution >= 0.6 is 0 Å². The highest BCUT2D eigenvalue weighted by Crippen LogP contribution is 2.19. The number of carbonyl (C=O) groups excluding carboxylic acids is 1. The minimum Gasteiger partial charge on any atom is -0.322 e. The van der Waals surface area contributed by atoms with E-state index in [4.69, 9.17) is 0 Å². The lowest BCUT2D eigenvalue weighted by atomic mass is 10.1. The summed E-state index contributed by atoms with van der Waals surface area (Å²) < 4.78 is 27.7. The number of anilines is 1. The van der Waals surface area contributed by atoms with Crippen LogP contribution in [-0.4, -0.2) is 19.3 Å². The van der Waals surface area contributed by atoms with Gasteiger partial charge in [0.15, 0.2) is 0 Å². The van der Waals surface area contributed by atoms with Gasteiger partial charge in [0.25, 0.3) is 5.91 Å². The molecule has 144 valence electrons. The second-order valence-electron chi connectivity index (χ2n) is 6.48. The monoisotopic (exact) mass is 395 g/mol. The van der Waals surface area contributed by atoms with Crippen LogP contribution in [0, 0.1) is 13.8 Å². The SMILES string of the molecule is Cc1ccc(C)c(NC(=O)c2cccc(S(=O)(=O)NCc3ccncc3)c2)c1. The Kier molecular flexibility index (Phi) is 5.87. The lowest BCUT2D eigenvalue weighted by molar-refractivity contribution is 0.102. The van der Waals surface area contributed by atoms with Crippen LogP contribution in [0.25, 0.3) is 0 Å². The number of amides is 1. The maximum Gasteiger partial charge on any atom is 0.255 e. The molecule has 3 aromatic rings. The molecule has 0 bridgehead atoms. The molecule has 0 saturated heterocycles. The zero-order valence-corrected chi connectivity index (χ0v) is 16.5. The Morgan fingerprint density at radius 3 is 2.50 bits per heavy atom. The van der Waals surface area contributed by atoms with Gasteiger partial charge in [-0.3, -0.25) is 9.78 Å². The minimum absolute atomic E-state index is 0.0372. The molecular formula is C21H21N3O3S. The van der Waals surface area contributed by atoms with E-state index in [1.54, 1.807) is 36.7 Å².